The van der Waals surface area contributed by atoms with Gasteiger partial charge >= 0.3 is 0 Å². The van der Waals surface area contributed by atoms with Crippen molar-refractivity contribution in [3.05, 3.63) is 71.5 Å². The Morgan fingerprint density at radius 1 is 1.08 bits per heavy atom. The summed E-state index contributed by atoms with van der Waals surface area (Å²) in [6.07, 6.45) is 0.806. The third kappa shape index (κ3) is 3.82. The summed E-state index contributed by atoms with van der Waals surface area (Å²) in [5.74, 6) is -0.127. The molecule has 0 spiro atoms. The molecule has 0 saturated carbocycles. The average molecular weight is 326 g/mol. The minimum atomic E-state index is -0.231. The third-order valence-corrected chi connectivity index (χ3v) is 4.75. The summed E-state index contributed by atoms with van der Waals surface area (Å²) < 4.78 is 13.7. The molecule has 1 fully saturated rings. The first-order chi connectivity index (χ1) is 11.6. The van der Waals surface area contributed by atoms with Gasteiger partial charge in [0, 0.05) is 26.1 Å². The Hall–Kier alpha value is -2.20. The number of nitrogens with zero attached hydrogens (tertiary/aromatic N) is 2. The molecule has 0 N–H and O–H groups in total. The first-order valence-electron chi connectivity index (χ1n) is 8.41. The highest BCUT2D eigenvalue weighted by molar-refractivity contribution is 5.76. The van der Waals surface area contributed by atoms with Gasteiger partial charge in [0.1, 0.15) is 5.82 Å². The summed E-state index contributed by atoms with van der Waals surface area (Å²) in [6.45, 7) is 2.28. The van der Waals surface area contributed by atoms with E-state index in [0.29, 0.717) is 24.9 Å². The maximum absolute atomic E-state index is 13.7. The second kappa shape index (κ2) is 7.58. The Kier molecular flexibility index (Phi) is 5.26. The first-order valence-corrected chi connectivity index (χ1v) is 8.41. The number of hydrogen-bond donors (Lipinski definition) is 0. The minimum absolute atomic E-state index is 0.104. The van der Waals surface area contributed by atoms with Crippen LogP contribution in [0.3, 0.4) is 0 Å². The molecular formula is C20H23FN2O. The number of amides is 1. The Morgan fingerprint density at radius 3 is 2.54 bits per heavy atom. The SMILES string of the molecule is CN1CCN(C(=O)CCc2ccccc2F)CC1c1ccccc1. The number of carbonyl (C=O) groups is 1. The van der Waals surface area contributed by atoms with Crippen molar-refractivity contribution in [2.45, 2.75) is 18.9 Å². The maximum atomic E-state index is 13.7. The lowest BCUT2D eigenvalue weighted by molar-refractivity contribution is -0.134. The van der Waals surface area contributed by atoms with Gasteiger partial charge in [-0.3, -0.25) is 9.69 Å². The van der Waals surface area contributed by atoms with E-state index in [1.54, 1.807) is 12.1 Å². The summed E-state index contributed by atoms with van der Waals surface area (Å²) in [5.41, 5.74) is 1.84. The zero-order chi connectivity index (χ0) is 16.9. The number of piperazine rings is 1. The van der Waals surface area contributed by atoms with Crippen LogP contribution in [0.15, 0.2) is 54.6 Å². The highest BCUT2D eigenvalue weighted by Crippen LogP contribution is 2.24. The number of likely N-dealkylation sites (N-methyl/N-ethyl adjacent to an activating group) is 1. The number of halogens is 1. The predicted molar refractivity (Wildman–Crippen MR) is 93.1 cm³/mol. The van der Waals surface area contributed by atoms with Crippen LogP contribution in [-0.4, -0.2) is 42.4 Å². The van der Waals surface area contributed by atoms with Crippen LogP contribution in [0.4, 0.5) is 4.39 Å². The minimum Gasteiger partial charge on any atom is -0.339 e. The molecule has 4 heteroatoms. The molecule has 0 radical (unpaired) electrons. The molecule has 1 unspecified atom stereocenters. The lowest BCUT2D eigenvalue weighted by atomic mass is 10.0. The van der Waals surface area contributed by atoms with Crippen molar-refractivity contribution >= 4 is 5.91 Å². The van der Waals surface area contributed by atoms with E-state index in [2.05, 4.69) is 24.1 Å². The van der Waals surface area contributed by atoms with Crippen molar-refractivity contribution in [3.8, 4) is 0 Å². The van der Waals surface area contributed by atoms with E-state index < -0.39 is 0 Å². The average Bonchev–Trinajstić information content (AvgIpc) is 2.62. The highest BCUT2D eigenvalue weighted by atomic mass is 19.1. The molecule has 1 amide bonds. The van der Waals surface area contributed by atoms with E-state index in [1.165, 1.54) is 11.6 Å². The molecule has 0 bridgehead atoms. The van der Waals surface area contributed by atoms with Crippen molar-refractivity contribution < 1.29 is 9.18 Å². The van der Waals surface area contributed by atoms with Gasteiger partial charge in [0.2, 0.25) is 5.91 Å². The summed E-state index contributed by atoms with van der Waals surface area (Å²) >= 11 is 0. The normalized spacial score (nSPS) is 18.6. The van der Waals surface area contributed by atoms with Gasteiger partial charge in [-0.2, -0.15) is 0 Å². The lowest BCUT2D eigenvalue weighted by Crippen LogP contribution is -2.49. The Morgan fingerprint density at radius 2 is 1.79 bits per heavy atom. The number of rotatable bonds is 4. The Bertz CT molecular complexity index is 689. The lowest BCUT2D eigenvalue weighted by Gasteiger charge is -2.39. The van der Waals surface area contributed by atoms with Crippen LogP contribution < -0.4 is 0 Å². The quantitative estimate of drug-likeness (QED) is 0.861. The van der Waals surface area contributed by atoms with Gasteiger partial charge < -0.3 is 4.90 Å². The zero-order valence-electron chi connectivity index (χ0n) is 14.0. The van der Waals surface area contributed by atoms with E-state index >= 15 is 0 Å². The molecule has 1 aliphatic heterocycles. The van der Waals surface area contributed by atoms with Gasteiger partial charge in [-0.1, -0.05) is 48.5 Å². The maximum Gasteiger partial charge on any atom is 0.223 e. The monoisotopic (exact) mass is 326 g/mol. The predicted octanol–water partition coefficient (Wildman–Crippen LogP) is 3.27. The second-order valence-corrected chi connectivity index (χ2v) is 6.34. The summed E-state index contributed by atoms with van der Waals surface area (Å²) in [7, 11) is 2.10. The van der Waals surface area contributed by atoms with Gasteiger partial charge in [0.05, 0.1) is 6.04 Å². The smallest absolute Gasteiger partial charge is 0.223 e. The molecule has 1 heterocycles. The number of hydrogen-bond acceptors (Lipinski definition) is 2. The standard InChI is InChI=1S/C20H23FN2O/c1-22-13-14-23(15-19(22)17-8-3-2-4-9-17)20(24)12-11-16-7-5-6-10-18(16)21/h2-10,19H,11-15H2,1H3. The third-order valence-electron chi connectivity index (χ3n) is 4.75. The van der Waals surface area contributed by atoms with Crippen molar-refractivity contribution in [1.29, 1.82) is 0 Å². The van der Waals surface area contributed by atoms with Crippen LogP contribution in [-0.2, 0) is 11.2 Å². The number of aryl methyl sites for hydroxylation is 1. The van der Waals surface area contributed by atoms with Crippen LogP contribution in [0.25, 0.3) is 0 Å². The molecule has 126 valence electrons. The number of carbonyl (C=O) groups excluding carboxylic acids is 1. The Labute approximate surface area is 142 Å². The van der Waals surface area contributed by atoms with Crippen molar-refractivity contribution in [1.82, 2.24) is 9.80 Å². The topological polar surface area (TPSA) is 23.6 Å². The van der Waals surface area contributed by atoms with Crippen LogP contribution >= 0.6 is 0 Å². The van der Waals surface area contributed by atoms with Gasteiger partial charge in [0.15, 0.2) is 0 Å². The molecule has 0 aliphatic carbocycles. The van der Waals surface area contributed by atoms with E-state index in [0.717, 1.165) is 13.1 Å². The van der Waals surface area contributed by atoms with Crippen LogP contribution in [0.1, 0.15) is 23.6 Å². The fourth-order valence-electron chi connectivity index (χ4n) is 3.24. The Balaban J connectivity index is 1.62. The highest BCUT2D eigenvalue weighted by Gasteiger charge is 2.28. The van der Waals surface area contributed by atoms with Crippen LogP contribution in [0.5, 0.6) is 0 Å². The van der Waals surface area contributed by atoms with E-state index in [4.69, 9.17) is 0 Å². The van der Waals surface area contributed by atoms with Crippen molar-refractivity contribution in [2.24, 2.45) is 0 Å². The van der Waals surface area contributed by atoms with Gasteiger partial charge in [-0.25, -0.2) is 4.39 Å². The zero-order valence-corrected chi connectivity index (χ0v) is 14.0. The summed E-state index contributed by atoms with van der Waals surface area (Å²) in [6, 6.07) is 17.2. The summed E-state index contributed by atoms with van der Waals surface area (Å²) in [5, 5.41) is 0. The number of benzene rings is 2. The second-order valence-electron chi connectivity index (χ2n) is 6.34. The molecule has 0 aromatic heterocycles. The van der Waals surface area contributed by atoms with E-state index in [-0.39, 0.29) is 17.8 Å². The van der Waals surface area contributed by atoms with Crippen LogP contribution in [0, 0.1) is 5.82 Å². The molecular weight excluding hydrogens is 303 g/mol. The van der Waals surface area contributed by atoms with Gasteiger partial charge in [-0.15, -0.1) is 0 Å². The fraction of sp³-hybridized carbons (Fsp3) is 0.350. The molecule has 2 aromatic carbocycles. The summed E-state index contributed by atoms with van der Waals surface area (Å²) in [4.78, 5) is 16.8. The molecule has 3 rings (SSSR count). The molecule has 2 aromatic rings. The van der Waals surface area contributed by atoms with E-state index in [1.807, 2.05) is 29.2 Å². The largest absolute Gasteiger partial charge is 0.339 e. The first kappa shape index (κ1) is 16.7. The molecule has 24 heavy (non-hydrogen) atoms. The van der Waals surface area contributed by atoms with Gasteiger partial charge in [0.25, 0.3) is 0 Å². The molecule has 3 nitrogen and oxygen atoms in total. The van der Waals surface area contributed by atoms with Crippen molar-refractivity contribution in [2.75, 3.05) is 26.7 Å². The molecule has 1 aliphatic rings. The van der Waals surface area contributed by atoms with E-state index in [9.17, 15) is 9.18 Å². The molecule has 1 saturated heterocycles. The fourth-order valence-corrected chi connectivity index (χ4v) is 3.24. The van der Waals surface area contributed by atoms with Gasteiger partial charge in [-0.05, 0) is 30.7 Å². The molecule has 1 atom stereocenters. The van der Waals surface area contributed by atoms with Crippen molar-refractivity contribution in [3.63, 3.8) is 0 Å². The van der Waals surface area contributed by atoms with Crippen LogP contribution in [0.2, 0.25) is 0 Å².